The maximum Gasteiger partial charge on any atom is 0.299 e. The molecule has 5 heteroatoms. The Bertz CT molecular complexity index is 589. The smallest absolute Gasteiger partial charge is 0.299 e. The number of benzene rings is 1. The molecule has 0 radical (unpaired) electrons. The molecule has 1 aliphatic heterocycles. The van der Waals surface area contributed by atoms with E-state index >= 15 is 0 Å². The van der Waals surface area contributed by atoms with Crippen LogP contribution in [-0.4, -0.2) is 31.8 Å². The molecule has 0 saturated carbocycles. The topological polar surface area (TPSA) is 64.4 Å². The van der Waals surface area contributed by atoms with Crippen LogP contribution in [0.15, 0.2) is 18.2 Å². The molecule has 1 unspecified atom stereocenters. The summed E-state index contributed by atoms with van der Waals surface area (Å²) in [6.45, 7) is 1.95. The molecule has 1 heterocycles. The summed E-state index contributed by atoms with van der Waals surface area (Å²) in [6.07, 6.45) is 0.418. The zero-order valence-corrected chi connectivity index (χ0v) is 11.2. The Labute approximate surface area is 112 Å². The number of carbonyl (C=O) groups excluding carboxylic acids is 2. The van der Waals surface area contributed by atoms with Gasteiger partial charge in [-0.1, -0.05) is 0 Å². The number of nitriles is 1. The molecule has 19 heavy (non-hydrogen) atoms. The highest BCUT2D eigenvalue weighted by Gasteiger charge is 2.33. The lowest BCUT2D eigenvalue weighted by Gasteiger charge is -2.26. The molecule has 0 aromatic heterocycles. The zero-order chi connectivity index (χ0) is 14.2. The number of nitrogens with zero attached hydrogens (tertiary/aromatic N) is 3. The van der Waals surface area contributed by atoms with E-state index in [1.807, 2.05) is 24.9 Å². The number of fused-ring (bicyclic) bond motifs is 1. The van der Waals surface area contributed by atoms with Crippen LogP contribution in [0.2, 0.25) is 0 Å². The van der Waals surface area contributed by atoms with E-state index in [0.717, 1.165) is 5.69 Å². The average Bonchev–Trinajstić information content (AvgIpc) is 2.63. The van der Waals surface area contributed by atoms with E-state index in [0.29, 0.717) is 17.7 Å². The van der Waals surface area contributed by atoms with Gasteiger partial charge in [0.1, 0.15) is 0 Å². The molecule has 5 nitrogen and oxygen atoms in total. The fourth-order valence-corrected chi connectivity index (χ4v) is 2.11. The van der Waals surface area contributed by atoms with Crippen molar-refractivity contribution in [1.29, 1.82) is 5.26 Å². The van der Waals surface area contributed by atoms with Gasteiger partial charge in [0.2, 0.25) is 0 Å². The fraction of sp³-hybridized carbons (Fsp3) is 0.357. The quantitative estimate of drug-likeness (QED) is 0.771. The normalized spacial score (nSPS) is 15.2. The number of likely N-dealkylation sites (N-methyl/N-ethyl adjacent to an activating group) is 1. The van der Waals surface area contributed by atoms with Crippen LogP contribution in [0, 0.1) is 11.3 Å². The van der Waals surface area contributed by atoms with Gasteiger partial charge in [-0.15, -0.1) is 0 Å². The minimum Gasteiger partial charge on any atom is -0.371 e. The van der Waals surface area contributed by atoms with Crippen molar-refractivity contribution in [1.82, 2.24) is 0 Å². The van der Waals surface area contributed by atoms with E-state index in [1.54, 1.807) is 19.2 Å². The highest BCUT2D eigenvalue weighted by atomic mass is 16.2. The number of hydrogen-bond acceptors (Lipinski definition) is 4. The molecule has 0 fully saturated rings. The summed E-state index contributed by atoms with van der Waals surface area (Å²) in [5.74, 6) is -0.961. The molecule has 0 bridgehead atoms. The van der Waals surface area contributed by atoms with Crippen molar-refractivity contribution in [3.63, 3.8) is 0 Å². The monoisotopic (exact) mass is 257 g/mol. The number of rotatable bonds is 3. The third-order valence-electron chi connectivity index (χ3n) is 3.54. The average molecular weight is 257 g/mol. The van der Waals surface area contributed by atoms with Gasteiger partial charge < -0.3 is 9.80 Å². The van der Waals surface area contributed by atoms with Gasteiger partial charge in [-0.05, 0) is 25.1 Å². The molecular formula is C14H15N3O2. The van der Waals surface area contributed by atoms with Gasteiger partial charge in [0, 0.05) is 25.8 Å². The molecule has 1 aliphatic rings. The lowest BCUT2D eigenvalue weighted by Crippen LogP contribution is -2.28. The van der Waals surface area contributed by atoms with E-state index < -0.39 is 11.7 Å². The molecule has 0 saturated heterocycles. The van der Waals surface area contributed by atoms with Gasteiger partial charge >= 0.3 is 0 Å². The summed E-state index contributed by atoms with van der Waals surface area (Å²) in [5, 5.41) is 8.72. The van der Waals surface area contributed by atoms with Crippen LogP contribution in [0.4, 0.5) is 11.4 Å². The Morgan fingerprint density at radius 1 is 1.42 bits per heavy atom. The lowest BCUT2D eigenvalue weighted by atomic mass is 10.1. The van der Waals surface area contributed by atoms with Crippen molar-refractivity contribution < 1.29 is 9.59 Å². The van der Waals surface area contributed by atoms with Crippen molar-refractivity contribution in [2.45, 2.75) is 19.4 Å². The molecule has 0 spiro atoms. The molecule has 2 rings (SSSR count). The van der Waals surface area contributed by atoms with Crippen molar-refractivity contribution in [2.75, 3.05) is 23.9 Å². The lowest BCUT2D eigenvalue weighted by molar-refractivity contribution is -0.114. The van der Waals surface area contributed by atoms with Gasteiger partial charge in [-0.3, -0.25) is 9.59 Å². The van der Waals surface area contributed by atoms with E-state index in [-0.39, 0.29) is 6.04 Å². The molecule has 1 atom stereocenters. The number of ketones is 1. The maximum atomic E-state index is 11.7. The Morgan fingerprint density at radius 2 is 2.11 bits per heavy atom. The van der Waals surface area contributed by atoms with Crippen LogP contribution in [0.5, 0.6) is 0 Å². The highest BCUT2D eigenvalue weighted by molar-refractivity contribution is 6.52. The number of Topliss-reactive ketones (excluding diaryl/α,β-unsaturated/α-hetero) is 1. The third-order valence-corrected chi connectivity index (χ3v) is 3.54. The molecule has 0 aliphatic carbocycles. The first-order valence-corrected chi connectivity index (χ1v) is 6.03. The second kappa shape index (κ2) is 4.73. The van der Waals surface area contributed by atoms with Crippen LogP contribution >= 0.6 is 0 Å². The van der Waals surface area contributed by atoms with Gasteiger partial charge in [-0.25, -0.2) is 0 Å². The Balaban J connectivity index is 2.36. The van der Waals surface area contributed by atoms with Crippen LogP contribution in [0.25, 0.3) is 0 Å². The van der Waals surface area contributed by atoms with Gasteiger partial charge in [0.25, 0.3) is 11.7 Å². The first kappa shape index (κ1) is 13.1. The second-order valence-electron chi connectivity index (χ2n) is 4.72. The van der Waals surface area contributed by atoms with Crippen LogP contribution in [0.1, 0.15) is 23.7 Å². The van der Waals surface area contributed by atoms with E-state index in [9.17, 15) is 9.59 Å². The van der Waals surface area contributed by atoms with Crippen molar-refractivity contribution in [2.24, 2.45) is 0 Å². The minimum atomic E-state index is -0.500. The summed E-state index contributed by atoms with van der Waals surface area (Å²) in [7, 11) is 3.48. The number of anilines is 2. The number of carbonyl (C=O) groups is 2. The Hall–Kier alpha value is -2.35. The number of hydrogen-bond donors (Lipinski definition) is 0. The van der Waals surface area contributed by atoms with Crippen molar-refractivity contribution in [3.8, 4) is 6.07 Å². The summed E-state index contributed by atoms with van der Waals surface area (Å²) in [5.41, 5.74) is 1.96. The highest BCUT2D eigenvalue weighted by Crippen LogP contribution is 2.32. The third kappa shape index (κ3) is 2.06. The molecule has 1 aromatic rings. The fourth-order valence-electron chi connectivity index (χ4n) is 2.11. The first-order chi connectivity index (χ1) is 8.97. The summed E-state index contributed by atoms with van der Waals surface area (Å²) in [6, 6.07) is 7.49. The van der Waals surface area contributed by atoms with Gasteiger partial charge in [-0.2, -0.15) is 5.26 Å². The van der Waals surface area contributed by atoms with Crippen molar-refractivity contribution in [3.05, 3.63) is 23.8 Å². The van der Waals surface area contributed by atoms with Crippen LogP contribution in [0.3, 0.4) is 0 Å². The zero-order valence-electron chi connectivity index (χ0n) is 11.2. The molecule has 0 N–H and O–H groups in total. The van der Waals surface area contributed by atoms with E-state index in [1.165, 1.54) is 4.90 Å². The molecule has 1 amide bonds. The predicted molar refractivity (Wildman–Crippen MR) is 72.3 cm³/mol. The SMILES string of the molecule is CC(CC#N)N(C)c1ccc2c(c1)N(C)C(=O)C2=O. The Morgan fingerprint density at radius 3 is 2.74 bits per heavy atom. The standard InChI is InChI=1S/C14H15N3O2/c1-9(6-7-15)16(2)10-4-5-11-12(8-10)17(3)14(19)13(11)18/h4-5,8-9H,6H2,1-3H3. The summed E-state index contributed by atoms with van der Waals surface area (Å²) >= 11 is 0. The van der Waals surface area contributed by atoms with Gasteiger partial charge in [0.05, 0.1) is 23.7 Å². The number of amides is 1. The molecule has 1 aromatic carbocycles. The molecule has 98 valence electrons. The van der Waals surface area contributed by atoms with Gasteiger partial charge in [0.15, 0.2) is 0 Å². The first-order valence-electron chi connectivity index (χ1n) is 6.03. The van der Waals surface area contributed by atoms with E-state index in [4.69, 9.17) is 5.26 Å². The largest absolute Gasteiger partial charge is 0.371 e. The minimum absolute atomic E-state index is 0.0705. The predicted octanol–water partition coefficient (Wildman–Crippen LogP) is 1.58. The van der Waals surface area contributed by atoms with Crippen LogP contribution < -0.4 is 9.80 Å². The summed E-state index contributed by atoms with van der Waals surface area (Å²) in [4.78, 5) is 26.6. The summed E-state index contributed by atoms with van der Waals surface area (Å²) < 4.78 is 0. The van der Waals surface area contributed by atoms with E-state index in [2.05, 4.69) is 6.07 Å². The van der Waals surface area contributed by atoms with Crippen molar-refractivity contribution >= 4 is 23.1 Å². The maximum absolute atomic E-state index is 11.7. The molecular weight excluding hydrogens is 242 g/mol. The Kier molecular flexibility index (Phi) is 3.26. The second-order valence-corrected chi connectivity index (χ2v) is 4.72. The van der Waals surface area contributed by atoms with Crippen LogP contribution in [-0.2, 0) is 4.79 Å².